The van der Waals surface area contributed by atoms with E-state index in [0.717, 1.165) is 45.0 Å². The van der Waals surface area contributed by atoms with Crippen molar-refractivity contribution in [3.8, 4) is 0 Å². The maximum atomic E-state index is 4.31. The fourth-order valence-corrected chi connectivity index (χ4v) is 2.90. The van der Waals surface area contributed by atoms with Crippen molar-refractivity contribution in [1.29, 1.82) is 0 Å². The molecule has 28 heavy (non-hydrogen) atoms. The van der Waals surface area contributed by atoms with Crippen LogP contribution in [0.4, 0.5) is 0 Å². The van der Waals surface area contributed by atoms with Crippen molar-refractivity contribution in [1.82, 2.24) is 25.3 Å². The van der Waals surface area contributed by atoms with Gasteiger partial charge in [0.15, 0.2) is 5.96 Å². The largest absolute Gasteiger partial charge is 0.356 e. The van der Waals surface area contributed by atoms with Crippen LogP contribution in [0.25, 0.3) is 0 Å². The fourth-order valence-electron chi connectivity index (χ4n) is 2.90. The SMILES string of the molecule is CN=C(NCCCn1cc(C)cn1)NCCC(C)N(C)Cc1ccccc1.I. The average molecular weight is 498 g/mol. The van der Waals surface area contributed by atoms with E-state index in [4.69, 9.17) is 0 Å². The van der Waals surface area contributed by atoms with Crippen LogP contribution in [0, 0.1) is 6.92 Å². The van der Waals surface area contributed by atoms with Gasteiger partial charge in [0, 0.05) is 45.5 Å². The van der Waals surface area contributed by atoms with E-state index in [9.17, 15) is 0 Å². The predicted molar refractivity (Wildman–Crippen MR) is 128 cm³/mol. The molecule has 1 unspecified atom stereocenters. The Morgan fingerprint density at radius 1 is 1.21 bits per heavy atom. The highest BCUT2D eigenvalue weighted by molar-refractivity contribution is 14.0. The summed E-state index contributed by atoms with van der Waals surface area (Å²) in [6.45, 7) is 8.00. The first-order chi connectivity index (χ1) is 13.1. The van der Waals surface area contributed by atoms with Gasteiger partial charge >= 0.3 is 0 Å². The average Bonchev–Trinajstić information content (AvgIpc) is 3.09. The summed E-state index contributed by atoms with van der Waals surface area (Å²) in [6.07, 6.45) is 6.04. The second kappa shape index (κ2) is 13.5. The molecule has 2 rings (SSSR count). The van der Waals surface area contributed by atoms with Crippen molar-refractivity contribution >= 4 is 29.9 Å². The van der Waals surface area contributed by atoms with Gasteiger partial charge in [-0.2, -0.15) is 5.10 Å². The third-order valence-corrected chi connectivity index (χ3v) is 4.72. The maximum absolute atomic E-state index is 4.31. The Kier molecular flexibility index (Phi) is 11.8. The molecule has 0 fully saturated rings. The lowest BCUT2D eigenvalue weighted by atomic mass is 10.1. The van der Waals surface area contributed by atoms with Gasteiger partial charge < -0.3 is 10.6 Å². The van der Waals surface area contributed by atoms with Gasteiger partial charge in [-0.05, 0) is 44.9 Å². The summed E-state index contributed by atoms with van der Waals surface area (Å²) in [7, 11) is 4.00. The van der Waals surface area contributed by atoms with Crippen LogP contribution in [0.1, 0.15) is 30.9 Å². The number of halogens is 1. The van der Waals surface area contributed by atoms with Gasteiger partial charge in [0.2, 0.25) is 0 Å². The van der Waals surface area contributed by atoms with Gasteiger partial charge in [-0.25, -0.2) is 0 Å². The number of rotatable bonds is 10. The zero-order valence-corrected chi connectivity index (χ0v) is 19.9. The molecular weight excluding hydrogens is 463 g/mol. The molecule has 2 aromatic rings. The number of aromatic nitrogens is 2. The molecule has 1 atom stereocenters. The third-order valence-electron chi connectivity index (χ3n) is 4.72. The Bertz CT molecular complexity index is 685. The highest BCUT2D eigenvalue weighted by atomic mass is 127. The molecule has 156 valence electrons. The lowest BCUT2D eigenvalue weighted by Gasteiger charge is -2.25. The molecule has 1 heterocycles. The minimum Gasteiger partial charge on any atom is -0.356 e. The lowest BCUT2D eigenvalue weighted by Crippen LogP contribution is -2.40. The number of nitrogens with one attached hydrogen (secondary N) is 2. The standard InChI is InChI=1S/C21H34N6.HI/c1-18-15-25-27(16-18)14-8-12-23-21(22-3)24-13-11-19(2)26(4)17-20-9-6-5-7-10-20;/h5-7,9-10,15-16,19H,8,11-14,17H2,1-4H3,(H2,22,23,24);1H. The molecular formula is C21H35IN6. The van der Waals surface area contributed by atoms with Crippen LogP contribution in [0.15, 0.2) is 47.7 Å². The molecule has 0 aliphatic heterocycles. The molecule has 0 amide bonds. The molecule has 0 saturated heterocycles. The summed E-state index contributed by atoms with van der Waals surface area (Å²) in [5.41, 5.74) is 2.55. The van der Waals surface area contributed by atoms with Crippen LogP contribution in [0.2, 0.25) is 0 Å². The number of aryl methyl sites for hydroxylation is 2. The van der Waals surface area contributed by atoms with Crippen molar-refractivity contribution in [2.24, 2.45) is 4.99 Å². The molecule has 0 aliphatic rings. The molecule has 2 N–H and O–H groups in total. The van der Waals surface area contributed by atoms with Gasteiger partial charge in [0.1, 0.15) is 0 Å². The monoisotopic (exact) mass is 498 g/mol. The Balaban J connectivity index is 0.00000392. The first-order valence-electron chi connectivity index (χ1n) is 9.76. The summed E-state index contributed by atoms with van der Waals surface area (Å²) in [5.74, 6) is 0.865. The summed E-state index contributed by atoms with van der Waals surface area (Å²) < 4.78 is 1.98. The minimum absolute atomic E-state index is 0. The van der Waals surface area contributed by atoms with E-state index in [1.54, 1.807) is 0 Å². The molecule has 0 saturated carbocycles. The van der Waals surface area contributed by atoms with Crippen LogP contribution in [0.5, 0.6) is 0 Å². The van der Waals surface area contributed by atoms with Crippen molar-refractivity contribution in [2.75, 3.05) is 27.2 Å². The van der Waals surface area contributed by atoms with Gasteiger partial charge in [-0.1, -0.05) is 30.3 Å². The number of hydrogen-bond donors (Lipinski definition) is 2. The van der Waals surface area contributed by atoms with Crippen molar-refractivity contribution in [3.63, 3.8) is 0 Å². The van der Waals surface area contributed by atoms with Crippen LogP contribution >= 0.6 is 24.0 Å². The molecule has 1 aromatic carbocycles. The van der Waals surface area contributed by atoms with Gasteiger partial charge in [-0.3, -0.25) is 14.6 Å². The first-order valence-corrected chi connectivity index (χ1v) is 9.76. The van der Waals surface area contributed by atoms with Crippen molar-refractivity contribution < 1.29 is 0 Å². The molecule has 0 spiro atoms. The number of guanidine groups is 1. The first kappa shape index (κ1) is 24.4. The van der Waals surface area contributed by atoms with Crippen LogP contribution < -0.4 is 10.6 Å². The van der Waals surface area contributed by atoms with Gasteiger partial charge in [-0.15, -0.1) is 24.0 Å². The molecule has 0 radical (unpaired) electrons. The second-order valence-corrected chi connectivity index (χ2v) is 7.10. The van der Waals surface area contributed by atoms with Crippen molar-refractivity contribution in [2.45, 2.75) is 45.8 Å². The molecule has 0 bridgehead atoms. The zero-order valence-electron chi connectivity index (χ0n) is 17.6. The van der Waals surface area contributed by atoms with E-state index in [1.165, 1.54) is 11.1 Å². The number of aliphatic imine (C=N–C) groups is 1. The quantitative estimate of drug-likeness (QED) is 0.229. The zero-order chi connectivity index (χ0) is 19.5. The molecule has 6 nitrogen and oxygen atoms in total. The van der Waals surface area contributed by atoms with Crippen LogP contribution in [-0.2, 0) is 13.1 Å². The summed E-state index contributed by atoms with van der Waals surface area (Å²) in [5, 5.41) is 11.1. The van der Waals surface area contributed by atoms with E-state index in [-0.39, 0.29) is 24.0 Å². The van der Waals surface area contributed by atoms with Crippen LogP contribution in [0.3, 0.4) is 0 Å². The highest BCUT2D eigenvalue weighted by Gasteiger charge is 2.09. The fraction of sp³-hybridized carbons (Fsp3) is 0.524. The summed E-state index contributed by atoms with van der Waals surface area (Å²) in [6, 6.07) is 11.1. The minimum atomic E-state index is 0. The van der Waals surface area contributed by atoms with E-state index in [0.29, 0.717) is 6.04 Å². The Labute approximate surface area is 186 Å². The van der Waals surface area contributed by atoms with Crippen LogP contribution in [-0.4, -0.2) is 53.9 Å². The normalized spacial score (nSPS) is 12.5. The third kappa shape index (κ3) is 9.05. The topological polar surface area (TPSA) is 57.5 Å². The Hall–Kier alpha value is -1.61. The number of nitrogens with zero attached hydrogens (tertiary/aromatic N) is 4. The number of benzene rings is 1. The number of hydrogen-bond acceptors (Lipinski definition) is 3. The summed E-state index contributed by atoms with van der Waals surface area (Å²) in [4.78, 5) is 6.69. The Morgan fingerprint density at radius 2 is 1.93 bits per heavy atom. The Morgan fingerprint density at radius 3 is 2.57 bits per heavy atom. The smallest absolute Gasteiger partial charge is 0.190 e. The highest BCUT2D eigenvalue weighted by Crippen LogP contribution is 2.07. The summed E-state index contributed by atoms with van der Waals surface area (Å²) >= 11 is 0. The second-order valence-electron chi connectivity index (χ2n) is 7.10. The molecule has 1 aromatic heterocycles. The van der Waals surface area contributed by atoms with E-state index >= 15 is 0 Å². The van der Waals surface area contributed by atoms with Crippen molar-refractivity contribution in [3.05, 3.63) is 53.9 Å². The lowest BCUT2D eigenvalue weighted by molar-refractivity contribution is 0.238. The van der Waals surface area contributed by atoms with E-state index < -0.39 is 0 Å². The predicted octanol–water partition coefficient (Wildman–Crippen LogP) is 3.28. The molecule has 7 heteroatoms. The van der Waals surface area contributed by atoms with E-state index in [2.05, 4.69) is 83.0 Å². The maximum Gasteiger partial charge on any atom is 0.190 e. The van der Waals surface area contributed by atoms with E-state index in [1.807, 2.05) is 17.9 Å². The molecule has 0 aliphatic carbocycles. The van der Waals surface area contributed by atoms with Gasteiger partial charge in [0.25, 0.3) is 0 Å². The van der Waals surface area contributed by atoms with Gasteiger partial charge in [0.05, 0.1) is 6.20 Å².